The van der Waals surface area contributed by atoms with Gasteiger partial charge in [0.2, 0.25) is 11.7 Å². The molecule has 0 atom stereocenters. The molecule has 0 radical (unpaired) electrons. The molecule has 0 aliphatic carbocycles. The molecule has 1 aromatic carbocycles. The van der Waals surface area contributed by atoms with E-state index >= 15 is 0 Å². The molecule has 0 spiro atoms. The minimum Gasteiger partial charge on any atom is -0.497 e. The highest BCUT2D eigenvalue weighted by atomic mass is 32.1. The summed E-state index contributed by atoms with van der Waals surface area (Å²) in [5.41, 5.74) is 0.780. The summed E-state index contributed by atoms with van der Waals surface area (Å²) in [6, 6.07) is 5.54. The van der Waals surface area contributed by atoms with Crippen LogP contribution in [0.15, 0.2) is 34.3 Å². The number of nitrogens with zero attached hydrogens (tertiary/aromatic N) is 5. The molecule has 3 aromatic rings. The van der Waals surface area contributed by atoms with E-state index in [1.54, 1.807) is 25.6 Å². The van der Waals surface area contributed by atoms with E-state index in [0.717, 1.165) is 42.6 Å². The van der Waals surface area contributed by atoms with Gasteiger partial charge in [0.25, 0.3) is 0 Å². The lowest BCUT2D eigenvalue weighted by molar-refractivity contribution is 0.215. The maximum absolute atomic E-state index is 5.46. The van der Waals surface area contributed by atoms with Gasteiger partial charge in [-0.2, -0.15) is 4.98 Å². The van der Waals surface area contributed by atoms with Crippen molar-refractivity contribution in [2.45, 2.75) is 6.54 Å². The third kappa shape index (κ3) is 3.88. The molecule has 3 heterocycles. The Morgan fingerprint density at radius 2 is 2.00 bits per heavy atom. The summed E-state index contributed by atoms with van der Waals surface area (Å²) in [4.78, 5) is 13.5. The number of hydrogen-bond acceptors (Lipinski definition) is 9. The van der Waals surface area contributed by atoms with E-state index in [2.05, 4.69) is 24.9 Å². The molecule has 0 N–H and O–H groups in total. The number of rotatable bonds is 6. The lowest BCUT2D eigenvalue weighted by atomic mass is 10.2. The summed E-state index contributed by atoms with van der Waals surface area (Å²) in [6.07, 6.45) is 1.85. The van der Waals surface area contributed by atoms with Crippen molar-refractivity contribution in [2.24, 2.45) is 0 Å². The summed E-state index contributed by atoms with van der Waals surface area (Å²) >= 11 is 1.68. The highest BCUT2D eigenvalue weighted by Crippen LogP contribution is 2.31. The van der Waals surface area contributed by atoms with Gasteiger partial charge in [-0.1, -0.05) is 5.16 Å². The van der Waals surface area contributed by atoms with Gasteiger partial charge in [-0.3, -0.25) is 4.90 Å². The summed E-state index contributed by atoms with van der Waals surface area (Å²) in [7, 11) is 3.23. The fraction of sp³-hybridized carbons (Fsp3) is 0.389. The second-order valence-corrected chi connectivity index (χ2v) is 7.03. The number of anilines is 1. The molecular weight excluding hydrogens is 366 g/mol. The molecule has 27 heavy (non-hydrogen) atoms. The molecule has 1 fully saturated rings. The van der Waals surface area contributed by atoms with Crippen LogP contribution in [0.2, 0.25) is 0 Å². The van der Waals surface area contributed by atoms with Crippen LogP contribution in [0, 0.1) is 0 Å². The fourth-order valence-corrected chi connectivity index (χ4v) is 3.77. The van der Waals surface area contributed by atoms with E-state index in [9.17, 15) is 0 Å². The zero-order valence-electron chi connectivity index (χ0n) is 15.3. The van der Waals surface area contributed by atoms with E-state index in [1.165, 1.54) is 0 Å². The summed E-state index contributed by atoms with van der Waals surface area (Å²) in [6.45, 7) is 4.39. The van der Waals surface area contributed by atoms with Gasteiger partial charge in [0, 0.05) is 43.8 Å². The van der Waals surface area contributed by atoms with Crippen molar-refractivity contribution in [3.63, 3.8) is 0 Å². The molecule has 1 saturated heterocycles. The van der Waals surface area contributed by atoms with Crippen molar-refractivity contribution >= 4 is 16.5 Å². The van der Waals surface area contributed by atoms with Crippen LogP contribution < -0.4 is 14.4 Å². The molecular formula is C18H21N5O3S. The predicted octanol–water partition coefficient (Wildman–Crippen LogP) is 2.53. The second-order valence-electron chi connectivity index (χ2n) is 6.16. The third-order valence-electron chi connectivity index (χ3n) is 4.54. The van der Waals surface area contributed by atoms with Crippen LogP contribution in [0.1, 0.15) is 5.89 Å². The van der Waals surface area contributed by atoms with Crippen molar-refractivity contribution in [1.82, 2.24) is 20.0 Å². The topological polar surface area (TPSA) is 76.8 Å². The Kier molecular flexibility index (Phi) is 5.21. The average molecular weight is 387 g/mol. The van der Waals surface area contributed by atoms with Crippen molar-refractivity contribution in [2.75, 3.05) is 45.3 Å². The van der Waals surface area contributed by atoms with E-state index < -0.39 is 0 Å². The first kappa shape index (κ1) is 17.7. The lowest BCUT2D eigenvalue weighted by Crippen LogP contribution is -2.46. The minimum atomic E-state index is 0.519. The van der Waals surface area contributed by atoms with E-state index in [4.69, 9.17) is 14.0 Å². The third-order valence-corrected chi connectivity index (χ3v) is 5.37. The van der Waals surface area contributed by atoms with Gasteiger partial charge in [-0.15, -0.1) is 11.3 Å². The summed E-state index contributed by atoms with van der Waals surface area (Å²) in [5.74, 6) is 2.49. The first-order chi connectivity index (χ1) is 13.3. The molecule has 8 nitrogen and oxygen atoms in total. The van der Waals surface area contributed by atoms with E-state index in [1.807, 2.05) is 29.8 Å². The van der Waals surface area contributed by atoms with Crippen molar-refractivity contribution in [3.8, 4) is 22.9 Å². The molecule has 142 valence electrons. The number of benzene rings is 1. The van der Waals surface area contributed by atoms with Gasteiger partial charge < -0.3 is 18.9 Å². The van der Waals surface area contributed by atoms with Crippen molar-refractivity contribution in [3.05, 3.63) is 35.7 Å². The standard InChI is InChI=1S/C18H21N5O3S/c1-24-13-3-4-14(15(11-13)25-2)17-20-16(26-21-17)12-22-6-8-23(9-7-22)18-19-5-10-27-18/h3-5,10-11H,6-9,12H2,1-2H3. The second kappa shape index (κ2) is 7.93. The largest absolute Gasteiger partial charge is 0.497 e. The molecule has 0 bridgehead atoms. The van der Waals surface area contributed by atoms with Crippen LogP contribution in [0.3, 0.4) is 0 Å². The Labute approximate surface area is 161 Å². The SMILES string of the molecule is COc1ccc(-c2noc(CN3CCN(c4nccs4)CC3)n2)c(OC)c1. The number of hydrogen-bond donors (Lipinski definition) is 0. The maximum Gasteiger partial charge on any atom is 0.241 e. The quantitative estimate of drug-likeness (QED) is 0.639. The molecule has 0 amide bonds. The van der Waals surface area contributed by atoms with Gasteiger partial charge in [-0.05, 0) is 12.1 Å². The zero-order valence-corrected chi connectivity index (χ0v) is 16.1. The molecule has 9 heteroatoms. The average Bonchev–Trinajstić information content (AvgIpc) is 3.40. The van der Waals surface area contributed by atoms with Gasteiger partial charge in [0.1, 0.15) is 11.5 Å². The Hall–Kier alpha value is -2.65. The van der Waals surface area contributed by atoms with Crippen molar-refractivity contribution in [1.29, 1.82) is 0 Å². The normalized spacial score (nSPS) is 15.1. The summed E-state index contributed by atoms with van der Waals surface area (Å²) < 4.78 is 16.1. The van der Waals surface area contributed by atoms with Crippen LogP contribution in [0.4, 0.5) is 5.13 Å². The lowest BCUT2D eigenvalue weighted by Gasteiger charge is -2.33. The monoisotopic (exact) mass is 387 g/mol. The number of ether oxygens (including phenoxy) is 2. The molecule has 1 aliphatic heterocycles. The number of thiazole rings is 1. The molecule has 4 rings (SSSR count). The van der Waals surface area contributed by atoms with Gasteiger partial charge >= 0.3 is 0 Å². The maximum atomic E-state index is 5.46. The predicted molar refractivity (Wildman–Crippen MR) is 102 cm³/mol. The van der Waals surface area contributed by atoms with Gasteiger partial charge in [0.05, 0.1) is 26.3 Å². The number of piperazine rings is 1. The molecule has 0 unspecified atom stereocenters. The molecule has 0 saturated carbocycles. The Balaban J connectivity index is 1.40. The van der Waals surface area contributed by atoms with Gasteiger partial charge in [-0.25, -0.2) is 4.98 Å². The minimum absolute atomic E-state index is 0.519. The van der Waals surface area contributed by atoms with Crippen LogP contribution in [-0.2, 0) is 6.54 Å². The Morgan fingerprint density at radius 1 is 1.15 bits per heavy atom. The molecule has 1 aliphatic rings. The van der Waals surface area contributed by atoms with Crippen LogP contribution in [-0.4, -0.2) is 60.4 Å². The number of aromatic nitrogens is 3. The van der Waals surface area contributed by atoms with E-state index in [-0.39, 0.29) is 0 Å². The molecule has 2 aromatic heterocycles. The zero-order chi connectivity index (χ0) is 18.6. The highest BCUT2D eigenvalue weighted by Gasteiger charge is 2.21. The van der Waals surface area contributed by atoms with Crippen LogP contribution in [0.25, 0.3) is 11.4 Å². The Bertz CT molecular complexity index is 875. The Morgan fingerprint density at radius 3 is 2.70 bits per heavy atom. The highest BCUT2D eigenvalue weighted by molar-refractivity contribution is 7.13. The number of methoxy groups -OCH3 is 2. The van der Waals surface area contributed by atoms with E-state index in [0.29, 0.717) is 24.0 Å². The van der Waals surface area contributed by atoms with Crippen LogP contribution in [0.5, 0.6) is 11.5 Å². The first-order valence-electron chi connectivity index (χ1n) is 8.68. The van der Waals surface area contributed by atoms with Gasteiger partial charge in [0.15, 0.2) is 5.13 Å². The summed E-state index contributed by atoms with van der Waals surface area (Å²) in [5, 5.41) is 7.21. The fourth-order valence-electron chi connectivity index (χ4n) is 3.07. The first-order valence-corrected chi connectivity index (χ1v) is 9.56. The van der Waals surface area contributed by atoms with Crippen molar-refractivity contribution < 1.29 is 14.0 Å². The van der Waals surface area contributed by atoms with Crippen LogP contribution >= 0.6 is 11.3 Å². The smallest absolute Gasteiger partial charge is 0.241 e.